The number of aromatic nitrogens is 4. The summed E-state index contributed by atoms with van der Waals surface area (Å²) in [5.41, 5.74) is 9.06. The maximum atomic E-state index is 14.0. The van der Waals surface area contributed by atoms with Gasteiger partial charge in [-0.1, -0.05) is 128 Å². The van der Waals surface area contributed by atoms with Crippen LogP contribution >= 0.6 is 15.9 Å². The molecule has 0 unspecified atom stereocenters. The number of ether oxygens (including phenoxy) is 2. The number of rotatable bonds is 21. The lowest BCUT2D eigenvalue weighted by Crippen LogP contribution is -2.46. The topological polar surface area (TPSA) is 175 Å². The third-order valence-corrected chi connectivity index (χ3v) is 19.7. The Labute approximate surface area is 608 Å². The molecule has 8 aromatic rings. The summed E-state index contributed by atoms with van der Waals surface area (Å²) in [5.74, 6) is 2.64. The molecule has 4 fully saturated rings. The summed E-state index contributed by atoms with van der Waals surface area (Å²) < 4.78 is 16.9. The average Bonchev–Trinajstić information content (AvgIpc) is 1.69. The Morgan fingerprint density at radius 3 is 1.28 bits per heavy atom. The van der Waals surface area contributed by atoms with Crippen molar-refractivity contribution in [3.05, 3.63) is 185 Å². The van der Waals surface area contributed by atoms with Gasteiger partial charge in [-0.3, -0.25) is 9.59 Å². The Morgan fingerprint density at radius 1 is 0.495 bits per heavy atom. The van der Waals surface area contributed by atoms with Crippen molar-refractivity contribution in [2.75, 3.05) is 93.2 Å². The first-order valence-corrected chi connectivity index (χ1v) is 37.9. The lowest BCUT2D eigenvalue weighted by atomic mass is 9.95. The van der Waals surface area contributed by atoms with Gasteiger partial charge in [0.2, 0.25) is 11.8 Å². The number of amides is 4. The second kappa shape index (κ2) is 36.4. The number of piperidine rings is 2. The second-order valence-corrected chi connectivity index (χ2v) is 30.4. The number of likely N-dealkylation sites (tertiary alicyclic amines) is 2. The molecule has 3 N–H and O–H groups in total. The van der Waals surface area contributed by atoms with Crippen LogP contribution in [-0.4, -0.2) is 155 Å². The van der Waals surface area contributed by atoms with Crippen LogP contribution in [0.15, 0.2) is 162 Å². The van der Waals surface area contributed by atoms with Crippen molar-refractivity contribution in [3.63, 3.8) is 0 Å². The van der Waals surface area contributed by atoms with Crippen LogP contribution in [0.4, 0.5) is 26.7 Å². The first-order valence-electron chi connectivity index (χ1n) is 37.1. The summed E-state index contributed by atoms with van der Waals surface area (Å²) in [6, 6.07) is 53.6. The number of alkyl carbamates (subject to hydrolysis) is 2. The van der Waals surface area contributed by atoms with Crippen molar-refractivity contribution >= 4 is 79.1 Å². The van der Waals surface area contributed by atoms with E-state index in [0.29, 0.717) is 25.9 Å². The fourth-order valence-corrected chi connectivity index (χ4v) is 14.4. The number of para-hydroxylation sites is 6. The average molecular weight is 1440 g/mol. The predicted molar refractivity (Wildman–Crippen MR) is 412 cm³/mol. The SMILES string of the molecule is CCCCn1c([C@@H]2CCCN(C(=O)C[C@@H](Cc3ccc(Br)cc3)NC(=O)OC(C)(C)C)C2)nc2ccccc21.CCCCn1c([C@@H]2CCCN(C(=O)C[C@@H](Cc3ccc(N4CCN(c5ccccc5)CC4)cc3)NC(=O)OC(C)(C)C)C2)nc2ccccc21.c1ccc(N2CCNCC2)cc1. The summed E-state index contributed by atoms with van der Waals surface area (Å²) in [5, 5.41) is 9.35. The molecule has 4 saturated heterocycles. The highest BCUT2D eigenvalue weighted by molar-refractivity contribution is 9.10. The number of nitrogens with zero attached hydrogens (tertiary/aromatic N) is 9. The van der Waals surface area contributed by atoms with Crippen LogP contribution < -0.4 is 30.7 Å². The monoisotopic (exact) mass is 1440 g/mol. The Morgan fingerprint density at radius 2 is 0.871 bits per heavy atom. The highest BCUT2D eigenvalue weighted by atomic mass is 79.9. The fraction of sp³-hybridized carbons (Fsp3) is 0.488. The van der Waals surface area contributed by atoms with E-state index in [4.69, 9.17) is 19.4 Å². The Balaban J connectivity index is 0.000000190. The maximum absolute atomic E-state index is 14.0. The van der Waals surface area contributed by atoms with Crippen molar-refractivity contribution < 1.29 is 28.7 Å². The third kappa shape index (κ3) is 22.3. The number of benzene rings is 6. The minimum Gasteiger partial charge on any atom is -0.444 e. The summed E-state index contributed by atoms with van der Waals surface area (Å²) in [6.07, 6.45) is 8.81. The number of fused-ring (bicyclic) bond motifs is 2. The number of piperazine rings is 2. The molecule has 19 heteroatoms. The van der Waals surface area contributed by atoms with E-state index in [-0.39, 0.29) is 42.5 Å². The number of carbonyl (C=O) groups is 4. The zero-order chi connectivity index (χ0) is 71.3. The Kier molecular flexibility index (Phi) is 27.2. The molecule has 18 nitrogen and oxygen atoms in total. The lowest BCUT2D eigenvalue weighted by Gasteiger charge is -2.37. The van der Waals surface area contributed by atoms with Gasteiger partial charge in [-0.25, -0.2) is 19.6 Å². The predicted octanol–water partition coefficient (Wildman–Crippen LogP) is 15.3. The van der Waals surface area contributed by atoms with E-state index < -0.39 is 29.4 Å². The third-order valence-electron chi connectivity index (χ3n) is 19.2. The number of halogens is 1. The number of anilines is 3. The standard InChI is InChI=1S/C41H54N6O3.C31H41BrN4O3.C10H14N2/c1-5-6-23-47-37-17-11-10-16-36(37)43-39(47)32-13-12-22-46(30-32)38(48)29-33(42-40(49)50-41(2,3)4)28-31-18-20-35(21-19-31)45-26-24-44(25-27-45)34-14-8-7-9-15-34;1-5-6-18-36-27-12-8-7-11-26(27)34-29(36)23-10-9-17-35(21-23)28(37)20-25(33-30(38)39-31(2,3)4)19-22-13-15-24(32)16-14-22;1-2-4-10(5-3-1)12-8-6-11-7-9-12/h7-11,14-21,32-33H,5-6,12-13,22-30H2,1-4H3,(H,42,49);7-8,11-16,23,25H,5-6,9-10,17-21H2,1-4H3,(H,33,38);1-5,11H,6-9H2/t32-,33-;23-,25-;/m11./s1. The molecule has 101 heavy (non-hydrogen) atoms. The molecule has 2 aromatic heterocycles. The van der Waals surface area contributed by atoms with Gasteiger partial charge in [0.05, 0.1) is 22.1 Å². The number of carbonyl (C=O) groups excluding carboxylic acids is 4. The second-order valence-electron chi connectivity index (χ2n) is 29.5. The highest BCUT2D eigenvalue weighted by Gasteiger charge is 2.33. The van der Waals surface area contributed by atoms with Gasteiger partial charge in [-0.2, -0.15) is 0 Å². The maximum Gasteiger partial charge on any atom is 0.407 e. The van der Waals surface area contributed by atoms with Gasteiger partial charge in [0.25, 0.3) is 0 Å². The summed E-state index contributed by atoms with van der Waals surface area (Å²) in [6.45, 7) is 28.4. The molecule has 0 saturated carbocycles. The summed E-state index contributed by atoms with van der Waals surface area (Å²) in [7, 11) is 0. The molecule has 6 aromatic carbocycles. The van der Waals surface area contributed by atoms with Gasteiger partial charge in [0.15, 0.2) is 0 Å². The molecule has 4 aliphatic rings. The molecule has 6 heterocycles. The van der Waals surface area contributed by atoms with Crippen molar-refractivity contribution in [1.29, 1.82) is 0 Å². The van der Waals surface area contributed by atoms with Gasteiger partial charge in [-0.05, 0) is 177 Å². The van der Waals surface area contributed by atoms with E-state index in [1.807, 2.05) is 87.7 Å². The molecular weight excluding hydrogens is 1330 g/mol. The molecule has 0 radical (unpaired) electrons. The molecule has 12 rings (SSSR count). The summed E-state index contributed by atoms with van der Waals surface area (Å²) >= 11 is 3.47. The smallest absolute Gasteiger partial charge is 0.407 e. The van der Waals surface area contributed by atoms with Crippen LogP contribution in [0.5, 0.6) is 0 Å². The molecule has 0 bridgehead atoms. The van der Waals surface area contributed by atoms with Crippen LogP contribution in [0.1, 0.15) is 154 Å². The normalized spacial score (nSPS) is 17.3. The quantitative estimate of drug-likeness (QED) is 0.0622. The molecule has 0 aliphatic carbocycles. The number of unbranched alkanes of at least 4 members (excludes halogenated alkanes) is 2. The van der Waals surface area contributed by atoms with Crippen molar-refractivity contribution in [2.45, 2.75) is 181 Å². The first kappa shape index (κ1) is 75.2. The number of aryl methyl sites for hydroxylation is 2. The van der Waals surface area contributed by atoms with E-state index in [2.05, 4.69) is 191 Å². The molecule has 4 aliphatic heterocycles. The molecule has 0 spiro atoms. The lowest BCUT2D eigenvalue weighted by molar-refractivity contribution is -0.133. The van der Waals surface area contributed by atoms with Crippen LogP contribution in [0.2, 0.25) is 0 Å². The van der Waals surface area contributed by atoms with Crippen molar-refractivity contribution in [3.8, 4) is 0 Å². The van der Waals surface area contributed by atoms with Crippen LogP contribution in [0, 0.1) is 0 Å². The van der Waals surface area contributed by atoms with E-state index in [1.165, 1.54) is 28.1 Å². The summed E-state index contributed by atoms with van der Waals surface area (Å²) in [4.78, 5) is 74.5. The zero-order valence-corrected chi connectivity index (χ0v) is 62.6. The minimum absolute atomic E-state index is 0.0501. The number of imidazole rings is 2. The molecule has 4 amide bonds. The van der Waals surface area contributed by atoms with E-state index in [1.54, 1.807) is 0 Å². The van der Waals surface area contributed by atoms with Gasteiger partial charge in [0.1, 0.15) is 22.9 Å². The van der Waals surface area contributed by atoms with Crippen LogP contribution in [-0.2, 0) is 45.0 Å². The fourth-order valence-electron chi connectivity index (χ4n) is 14.2. The number of hydrogen-bond acceptors (Lipinski definition) is 12. The molecule has 4 atom stereocenters. The van der Waals surface area contributed by atoms with Gasteiger partial charge in [0, 0.05) is 150 Å². The van der Waals surface area contributed by atoms with Crippen molar-refractivity contribution in [1.82, 2.24) is 44.9 Å². The van der Waals surface area contributed by atoms with Gasteiger partial charge in [-0.15, -0.1) is 0 Å². The van der Waals surface area contributed by atoms with Crippen LogP contribution in [0.3, 0.4) is 0 Å². The largest absolute Gasteiger partial charge is 0.444 e. The minimum atomic E-state index is -0.631. The van der Waals surface area contributed by atoms with Gasteiger partial charge < -0.3 is 59.1 Å². The Hall–Kier alpha value is -8.42. The van der Waals surface area contributed by atoms with E-state index in [9.17, 15) is 19.2 Å². The first-order chi connectivity index (χ1) is 48.8. The Bertz CT molecular complexity index is 3890. The molecule has 540 valence electrons. The molecular formula is C82H109BrN12O6. The van der Waals surface area contributed by atoms with E-state index >= 15 is 0 Å². The van der Waals surface area contributed by atoms with Crippen LogP contribution in [0.25, 0.3) is 22.1 Å². The van der Waals surface area contributed by atoms with Crippen molar-refractivity contribution in [2.24, 2.45) is 0 Å². The number of nitrogens with one attached hydrogen (secondary N) is 3. The van der Waals surface area contributed by atoms with E-state index in [0.717, 1.165) is 168 Å². The highest BCUT2D eigenvalue weighted by Crippen LogP contribution is 2.33. The van der Waals surface area contributed by atoms with Gasteiger partial charge >= 0.3 is 12.2 Å². The number of hydrogen-bond donors (Lipinski definition) is 3. The zero-order valence-electron chi connectivity index (χ0n) is 61.1.